The lowest BCUT2D eigenvalue weighted by atomic mass is 9.93. The fourth-order valence-corrected chi connectivity index (χ4v) is 2.70. The third-order valence-electron chi connectivity index (χ3n) is 3.25. The highest BCUT2D eigenvalue weighted by Gasteiger charge is 2.21. The Morgan fingerprint density at radius 2 is 2.12 bits per heavy atom. The van der Waals surface area contributed by atoms with Crippen molar-refractivity contribution >= 4 is 27.6 Å². The lowest BCUT2D eigenvalue weighted by Crippen LogP contribution is -2.34. The van der Waals surface area contributed by atoms with E-state index in [1.54, 1.807) is 0 Å². The van der Waals surface area contributed by atoms with Crippen LogP contribution in [0, 0.1) is 5.92 Å². The lowest BCUT2D eigenvalue weighted by molar-refractivity contribution is -0.138. The highest BCUT2D eigenvalue weighted by atomic mass is 79.9. The second kappa shape index (κ2) is 5.54. The van der Waals surface area contributed by atoms with Crippen molar-refractivity contribution in [2.75, 3.05) is 18.0 Å². The Bertz CT molecular complexity index is 400. The lowest BCUT2D eigenvalue weighted by Gasteiger charge is -2.33. The van der Waals surface area contributed by atoms with Gasteiger partial charge in [-0.1, -0.05) is 22.0 Å². The molecule has 2 rings (SSSR count). The summed E-state index contributed by atoms with van der Waals surface area (Å²) in [6.45, 7) is 1.91. The van der Waals surface area contributed by atoms with E-state index in [0.29, 0.717) is 12.3 Å². The number of hydrogen-bond donors (Lipinski definition) is 1. The first-order valence-corrected chi connectivity index (χ1v) is 6.67. The molecule has 0 radical (unpaired) electrons. The summed E-state index contributed by atoms with van der Waals surface area (Å²) in [7, 11) is 0. The molecule has 4 heteroatoms. The van der Waals surface area contributed by atoms with Gasteiger partial charge in [0, 0.05) is 29.7 Å². The molecule has 1 N–H and O–H groups in total. The van der Waals surface area contributed by atoms with E-state index in [1.165, 1.54) is 5.69 Å². The van der Waals surface area contributed by atoms with Gasteiger partial charge in [0.15, 0.2) is 0 Å². The second-order valence-corrected chi connectivity index (χ2v) is 5.42. The Labute approximate surface area is 110 Å². The molecule has 0 unspecified atom stereocenters. The summed E-state index contributed by atoms with van der Waals surface area (Å²) in [4.78, 5) is 13.0. The van der Waals surface area contributed by atoms with E-state index >= 15 is 0 Å². The molecule has 0 spiro atoms. The van der Waals surface area contributed by atoms with E-state index in [1.807, 2.05) is 12.1 Å². The molecular formula is C13H16BrNO2. The van der Waals surface area contributed by atoms with Crippen LogP contribution in [0.15, 0.2) is 28.7 Å². The number of piperidine rings is 1. The van der Waals surface area contributed by atoms with Crippen molar-refractivity contribution < 1.29 is 9.90 Å². The van der Waals surface area contributed by atoms with Gasteiger partial charge in [0.1, 0.15) is 0 Å². The summed E-state index contributed by atoms with van der Waals surface area (Å²) in [5.41, 5.74) is 1.22. The number of carbonyl (C=O) groups is 1. The minimum absolute atomic E-state index is 0.312. The van der Waals surface area contributed by atoms with Gasteiger partial charge in [-0.05, 0) is 37.0 Å². The Morgan fingerprint density at radius 3 is 2.71 bits per heavy atom. The van der Waals surface area contributed by atoms with E-state index in [9.17, 15) is 4.79 Å². The summed E-state index contributed by atoms with van der Waals surface area (Å²) in [5, 5.41) is 8.77. The van der Waals surface area contributed by atoms with E-state index in [0.717, 1.165) is 30.4 Å². The molecule has 1 aromatic carbocycles. The van der Waals surface area contributed by atoms with Crippen LogP contribution in [-0.2, 0) is 4.79 Å². The summed E-state index contributed by atoms with van der Waals surface area (Å²) in [6.07, 6.45) is 2.25. The highest BCUT2D eigenvalue weighted by Crippen LogP contribution is 2.26. The Hall–Kier alpha value is -1.03. The standard InChI is InChI=1S/C13H16BrNO2/c14-11-2-1-3-12(9-11)15-6-4-10(5-7-15)8-13(16)17/h1-3,9-10H,4-8H2,(H,16,17). The Morgan fingerprint density at radius 1 is 1.41 bits per heavy atom. The van der Waals surface area contributed by atoms with Gasteiger partial charge in [0.25, 0.3) is 0 Å². The molecule has 1 aliphatic rings. The van der Waals surface area contributed by atoms with Gasteiger partial charge in [-0.15, -0.1) is 0 Å². The molecule has 1 aromatic rings. The Kier molecular flexibility index (Phi) is 4.05. The van der Waals surface area contributed by atoms with Crippen LogP contribution in [0.1, 0.15) is 19.3 Å². The number of carboxylic acids is 1. The number of carboxylic acid groups (broad SMARTS) is 1. The summed E-state index contributed by atoms with van der Waals surface area (Å²) in [5.74, 6) is -0.332. The number of hydrogen-bond acceptors (Lipinski definition) is 2. The molecular weight excluding hydrogens is 282 g/mol. The first-order valence-electron chi connectivity index (χ1n) is 5.87. The van der Waals surface area contributed by atoms with Gasteiger partial charge in [-0.25, -0.2) is 0 Å². The normalized spacial score (nSPS) is 17.1. The number of benzene rings is 1. The van der Waals surface area contributed by atoms with Crippen molar-refractivity contribution in [3.05, 3.63) is 28.7 Å². The van der Waals surface area contributed by atoms with Gasteiger partial charge in [-0.2, -0.15) is 0 Å². The van der Waals surface area contributed by atoms with Crippen LogP contribution in [0.25, 0.3) is 0 Å². The predicted molar refractivity (Wildman–Crippen MR) is 71.3 cm³/mol. The molecule has 0 aromatic heterocycles. The zero-order valence-electron chi connectivity index (χ0n) is 9.60. The van der Waals surface area contributed by atoms with Gasteiger partial charge in [-0.3, -0.25) is 4.79 Å². The molecule has 0 bridgehead atoms. The van der Waals surface area contributed by atoms with Crippen LogP contribution in [-0.4, -0.2) is 24.2 Å². The van der Waals surface area contributed by atoms with Crippen LogP contribution < -0.4 is 4.90 Å². The van der Waals surface area contributed by atoms with Crippen molar-refractivity contribution in [2.45, 2.75) is 19.3 Å². The van der Waals surface area contributed by atoms with Crippen LogP contribution >= 0.6 is 15.9 Å². The van der Waals surface area contributed by atoms with Crippen LogP contribution in [0.2, 0.25) is 0 Å². The first kappa shape index (κ1) is 12.4. The average molecular weight is 298 g/mol. The maximum atomic E-state index is 10.6. The minimum atomic E-state index is -0.675. The van der Waals surface area contributed by atoms with Crippen molar-refractivity contribution in [3.63, 3.8) is 0 Å². The quantitative estimate of drug-likeness (QED) is 0.932. The zero-order valence-corrected chi connectivity index (χ0v) is 11.2. The molecule has 1 saturated heterocycles. The molecule has 92 valence electrons. The van der Waals surface area contributed by atoms with Crippen molar-refractivity contribution in [1.82, 2.24) is 0 Å². The number of anilines is 1. The molecule has 0 saturated carbocycles. The molecule has 1 aliphatic heterocycles. The SMILES string of the molecule is O=C(O)CC1CCN(c2cccc(Br)c2)CC1. The summed E-state index contributed by atoms with van der Waals surface area (Å²) < 4.78 is 1.09. The van der Waals surface area contributed by atoms with Gasteiger partial charge in [0.05, 0.1) is 0 Å². The number of nitrogens with zero attached hydrogens (tertiary/aromatic N) is 1. The maximum absolute atomic E-state index is 10.6. The maximum Gasteiger partial charge on any atom is 0.303 e. The predicted octanol–water partition coefficient (Wildman–Crippen LogP) is 3.14. The fraction of sp³-hybridized carbons (Fsp3) is 0.462. The summed E-state index contributed by atoms with van der Waals surface area (Å²) in [6, 6.07) is 8.25. The van der Waals surface area contributed by atoms with Gasteiger partial charge < -0.3 is 10.0 Å². The topological polar surface area (TPSA) is 40.5 Å². The number of halogens is 1. The van der Waals surface area contributed by atoms with Crippen LogP contribution in [0.4, 0.5) is 5.69 Å². The first-order chi connectivity index (χ1) is 8.15. The highest BCUT2D eigenvalue weighted by molar-refractivity contribution is 9.10. The van der Waals surface area contributed by atoms with Crippen molar-refractivity contribution in [3.8, 4) is 0 Å². The van der Waals surface area contributed by atoms with Gasteiger partial charge in [0.2, 0.25) is 0 Å². The minimum Gasteiger partial charge on any atom is -0.481 e. The van der Waals surface area contributed by atoms with E-state index in [-0.39, 0.29) is 0 Å². The number of aliphatic carboxylic acids is 1. The molecule has 0 atom stereocenters. The van der Waals surface area contributed by atoms with Crippen molar-refractivity contribution in [2.24, 2.45) is 5.92 Å². The molecule has 17 heavy (non-hydrogen) atoms. The summed E-state index contributed by atoms with van der Waals surface area (Å²) >= 11 is 3.47. The van der Waals surface area contributed by atoms with E-state index in [2.05, 4.69) is 33.0 Å². The molecule has 1 heterocycles. The molecule has 0 amide bonds. The smallest absolute Gasteiger partial charge is 0.303 e. The fourth-order valence-electron chi connectivity index (χ4n) is 2.32. The monoisotopic (exact) mass is 297 g/mol. The molecule has 0 aliphatic carbocycles. The van der Waals surface area contributed by atoms with Crippen LogP contribution in [0.5, 0.6) is 0 Å². The van der Waals surface area contributed by atoms with E-state index < -0.39 is 5.97 Å². The third-order valence-corrected chi connectivity index (χ3v) is 3.74. The van der Waals surface area contributed by atoms with E-state index in [4.69, 9.17) is 5.11 Å². The largest absolute Gasteiger partial charge is 0.481 e. The van der Waals surface area contributed by atoms with Crippen molar-refractivity contribution in [1.29, 1.82) is 0 Å². The number of rotatable bonds is 3. The van der Waals surface area contributed by atoms with Gasteiger partial charge >= 0.3 is 5.97 Å². The zero-order chi connectivity index (χ0) is 12.3. The second-order valence-electron chi connectivity index (χ2n) is 4.51. The molecule has 1 fully saturated rings. The third kappa shape index (κ3) is 3.46. The Balaban J connectivity index is 1.93. The molecule has 3 nitrogen and oxygen atoms in total. The van der Waals surface area contributed by atoms with Crippen LogP contribution in [0.3, 0.4) is 0 Å². The average Bonchev–Trinajstić information content (AvgIpc) is 2.29.